The number of hydrogen-bond donors (Lipinski definition) is 1. The number of nitrogens with one attached hydrogen (secondary N) is 1. The van der Waals surface area contributed by atoms with Gasteiger partial charge in [-0.2, -0.15) is 0 Å². The normalized spacial score (nSPS) is 14.2. The maximum Gasteiger partial charge on any atom is 0.340 e. The molecular weight excluding hydrogens is 476 g/mol. The van der Waals surface area contributed by atoms with E-state index in [0.29, 0.717) is 33.7 Å². The lowest BCUT2D eigenvalue weighted by molar-refractivity contribution is -0.137. The Morgan fingerprint density at radius 1 is 1.11 bits per heavy atom. The van der Waals surface area contributed by atoms with Crippen LogP contribution in [0, 0.1) is 13.8 Å². The third-order valence-corrected chi connectivity index (χ3v) is 5.67. The van der Waals surface area contributed by atoms with Crippen LogP contribution >= 0.6 is 11.6 Å². The van der Waals surface area contributed by atoms with E-state index < -0.39 is 30.5 Å². The van der Waals surface area contributed by atoms with E-state index in [1.165, 1.54) is 0 Å². The van der Waals surface area contributed by atoms with Crippen molar-refractivity contribution in [2.75, 3.05) is 20.3 Å². The lowest BCUT2D eigenvalue weighted by atomic mass is 10.2. The summed E-state index contributed by atoms with van der Waals surface area (Å²) < 4.78 is 23.4. The molecule has 2 aromatic carbocycles. The third-order valence-electron chi connectivity index (χ3n) is 5.43. The summed E-state index contributed by atoms with van der Waals surface area (Å²) in [7, 11) is 1.54. The minimum atomic E-state index is -1.00. The number of para-hydroxylation sites is 2. The molecule has 0 spiro atoms. The zero-order chi connectivity index (χ0) is 25.1. The molecule has 0 fully saturated rings. The van der Waals surface area contributed by atoms with Gasteiger partial charge in [0.25, 0.3) is 11.8 Å². The molecular formula is C25H23ClN2O7. The molecule has 1 aromatic heterocycles. The Labute approximate surface area is 206 Å². The summed E-state index contributed by atoms with van der Waals surface area (Å²) in [5.41, 5.74) is 2.25. The van der Waals surface area contributed by atoms with Gasteiger partial charge in [0.1, 0.15) is 12.4 Å². The van der Waals surface area contributed by atoms with Gasteiger partial charge < -0.3 is 23.5 Å². The maximum absolute atomic E-state index is 12.7. The quantitative estimate of drug-likeness (QED) is 0.519. The van der Waals surface area contributed by atoms with E-state index in [4.69, 9.17) is 30.5 Å². The van der Waals surface area contributed by atoms with Crippen LogP contribution in [0.15, 0.2) is 48.5 Å². The van der Waals surface area contributed by atoms with E-state index in [2.05, 4.69) is 5.32 Å². The second kappa shape index (κ2) is 10.1. The van der Waals surface area contributed by atoms with Crippen LogP contribution in [0.1, 0.15) is 21.7 Å². The summed E-state index contributed by atoms with van der Waals surface area (Å²) in [6.07, 6.45) is -1.00. The van der Waals surface area contributed by atoms with E-state index in [9.17, 15) is 14.4 Å². The molecule has 2 amide bonds. The second-order valence-corrected chi connectivity index (χ2v) is 8.23. The number of aromatic nitrogens is 1. The van der Waals surface area contributed by atoms with Crippen LogP contribution in [0.5, 0.6) is 17.2 Å². The molecule has 10 heteroatoms. The van der Waals surface area contributed by atoms with Gasteiger partial charge in [-0.25, -0.2) is 4.79 Å². The highest BCUT2D eigenvalue weighted by molar-refractivity contribution is 6.30. The first-order chi connectivity index (χ1) is 16.8. The van der Waals surface area contributed by atoms with Gasteiger partial charge in [0.05, 0.1) is 18.4 Å². The SMILES string of the molecule is COc1ccc(Cl)cc1-n1c(C)cc(C(=O)OCC(=O)NC(=O)C2COc3ccccc3O2)c1C. The number of imide groups is 1. The van der Waals surface area contributed by atoms with Gasteiger partial charge in [0.15, 0.2) is 18.1 Å². The Hall–Kier alpha value is -3.98. The summed E-state index contributed by atoms with van der Waals surface area (Å²) in [5, 5.41) is 2.68. The predicted molar refractivity (Wildman–Crippen MR) is 127 cm³/mol. The minimum absolute atomic E-state index is 0.0468. The number of rotatable bonds is 6. The molecule has 0 saturated carbocycles. The van der Waals surface area contributed by atoms with Crippen molar-refractivity contribution in [2.45, 2.75) is 20.0 Å². The molecule has 0 saturated heterocycles. The van der Waals surface area contributed by atoms with Gasteiger partial charge in [-0.15, -0.1) is 0 Å². The summed E-state index contributed by atoms with van der Waals surface area (Å²) >= 11 is 6.16. The number of fused-ring (bicyclic) bond motifs is 1. The molecule has 0 bridgehead atoms. The van der Waals surface area contributed by atoms with Crippen LogP contribution < -0.4 is 19.5 Å². The number of carbonyl (C=O) groups is 3. The molecule has 0 radical (unpaired) electrons. The molecule has 35 heavy (non-hydrogen) atoms. The lowest BCUT2D eigenvalue weighted by Gasteiger charge is -2.25. The molecule has 9 nitrogen and oxygen atoms in total. The molecule has 1 aliphatic rings. The summed E-state index contributed by atoms with van der Waals surface area (Å²) in [6, 6.07) is 13.7. The van der Waals surface area contributed by atoms with Crippen molar-refractivity contribution in [3.8, 4) is 22.9 Å². The molecule has 1 N–H and O–H groups in total. The first kappa shape index (κ1) is 24.2. The van der Waals surface area contributed by atoms with Crippen molar-refractivity contribution in [2.24, 2.45) is 0 Å². The van der Waals surface area contributed by atoms with Crippen molar-refractivity contribution in [1.82, 2.24) is 9.88 Å². The van der Waals surface area contributed by atoms with Crippen molar-refractivity contribution in [3.05, 3.63) is 70.5 Å². The predicted octanol–water partition coefficient (Wildman–Crippen LogP) is 3.40. The number of nitrogens with zero attached hydrogens (tertiary/aromatic N) is 1. The second-order valence-electron chi connectivity index (χ2n) is 7.79. The van der Waals surface area contributed by atoms with Gasteiger partial charge in [0.2, 0.25) is 6.10 Å². The monoisotopic (exact) mass is 498 g/mol. The fraction of sp³-hybridized carbons (Fsp3) is 0.240. The number of ether oxygens (including phenoxy) is 4. The van der Waals surface area contributed by atoms with E-state index in [-0.39, 0.29) is 12.2 Å². The number of amides is 2. The van der Waals surface area contributed by atoms with Crippen LogP contribution in [-0.4, -0.2) is 48.8 Å². The minimum Gasteiger partial charge on any atom is -0.495 e. The zero-order valence-corrected chi connectivity index (χ0v) is 20.0. The number of methoxy groups -OCH3 is 1. The topological polar surface area (TPSA) is 105 Å². The largest absolute Gasteiger partial charge is 0.495 e. The average Bonchev–Trinajstić information content (AvgIpc) is 3.15. The van der Waals surface area contributed by atoms with Gasteiger partial charge in [-0.05, 0) is 50.2 Å². The van der Waals surface area contributed by atoms with Crippen molar-refractivity contribution < 1.29 is 33.3 Å². The number of esters is 1. The average molecular weight is 499 g/mol. The highest BCUT2D eigenvalue weighted by Crippen LogP contribution is 2.32. The van der Waals surface area contributed by atoms with Crippen molar-refractivity contribution >= 4 is 29.4 Å². The standard InChI is InChI=1S/C25H23ClN2O7/c1-14-10-17(15(2)28(14)18-11-16(26)8-9-19(18)32-3)25(31)34-13-23(29)27-24(30)22-12-33-20-6-4-5-7-21(20)35-22/h4-11,22H,12-13H2,1-3H3,(H,27,29,30). The smallest absolute Gasteiger partial charge is 0.340 e. The Balaban J connectivity index is 1.39. The number of aryl methyl sites for hydroxylation is 1. The third kappa shape index (κ3) is 5.09. The fourth-order valence-electron chi connectivity index (χ4n) is 3.79. The number of benzene rings is 2. The van der Waals surface area contributed by atoms with Gasteiger partial charge in [0, 0.05) is 16.4 Å². The molecule has 2 heterocycles. The van der Waals surface area contributed by atoms with E-state index >= 15 is 0 Å². The first-order valence-electron chi connectivity index (χ1n) is 10.7. The number of hydrogen-bond acceptors (Lipinski definition) is 7. The fourth-order valence-corrected chi connectivity index (χ4v) is 3.96. The van der Waals surface area contributed by atoms with Crippen molar-refractivity contribution in [3.63, 3.8) is 0 Å². The summed E-state index contributed by atoms with van der Waals surface area (Å²) in [4.78, 5) is 37.3. The molecule has 1 atom stereocenters. The maximum atomic E-state index is 12.7. The highest BCUT2D eigenvalue weighted by atomic mass is 35.5. The molecule has 0 aliphatic carbocycles. The zero-order valence-electron chi connectivity index (χ0n) is 19.3. The van der Waals surface area contributed by atoms with Crippen LogP contribution in [0.4, 0.5) is 0 Å². The Morgan fingerprint density at radius 2 is 1.86 bits per heavy atom. The Bertz CT molecular complexity index is 1300. The van der Waals surface area contributed by atoms with Crippen LogP contribution in [0.2, 0.25) is 5.02 Å². The molecule has 3 aromatic rings. The van der Waals surface area contributed by atoms with Gasteiger partial charge in [-0.1, -0.05) is 23.7 Å². The van der Waals surface area contributed by atoms with Crippen molar-refractivity contribution in [1.29, 1.82) is 0 Å². The summed E-state index contributed by atoms with van der Waals surface area (Å²) in [6.45, 7) is 2.87. The lowest BCUT2D eigenvalue weighted by Crippen LogP contribution is -2.47. The van der Waals surface area contributed by atoms with Gasteiger partial charge >= 0.3 is 5.97 Å². The van der Waals surface area contributed by atoms with E-state index in [0.717, 1.165) is 5.69 Å². The van der Waals surface area contributed by atoms with Gasteiger partial charge in [-0.3, -0.25) is 14.9 Å². The van der Waals surface area contributed by atoms with E-state index in [1.54, 1.807) is 62.6 Å². The molecule has 1 unspecified atom stereocenters. The van der Waals surface area contributed by atoms with Crippen LogP contribution in [-0.2, 0) is 14.3 Å². The Kier molecular flexibility index (Phi) is 6.97. The molecule has 4 rings (SSSR count). The van der Waals surface area contributed by atoms with Crippen LogP contribution in [0.3, 0.4) is 0 Å². The Morgan fingerprint density at radius 3 is 2.60 bits per heavy atom. The summed E-state index contributed by atoms with van der Waals surface area (Å²) in [5.74, 6) is -0.679. The van der Waals surface area contributed by atoms with E-state index in [1.807, 2.05) is 11.5 Å². The molecule has 182 valence electrons. The number of carbonyl (C=O) groups excluding carboxylic acids is 3. The van der Waals surface area contributed by atoms with Crippen LogP contribution in [0.25, 0.3) is 5.69 Å². The highest BCUT2D eigenvalue weighted by Gasteiger charge is 2.29. The number of halogens is 1. The first-order valence-corrected chi connectivity index (χ1v) is 11.1. The molecule has 1 aliphatic heterocycles.